The van der Waals surface area contributed by atoms with Crippen molar-refractivity contribution in [1.82, 2.24) is 0 Å². The van der Waals surface area contributed by atoms with Gasteiger partial charge >= 0.3 is 0 Å². The molecule has 1 aromatic rings. The summed E-state index contributed by atoms with van der Waals surface area (Å²) >= 11 is 5.67. The number of aliphatic imine (C=N–C) groups is 1. The van der Waals surface area contributed by atoms with E-state index in [0.29, 0.717) is 0 Å². The maximum atomic E-state index is 13.2. The summed E-state index contributed by atoms with van der Waals surface area (Å²) in [7, 11) is 0. The minimum absolute atomic E-state index is 0.0268. The summed E-state index contributed by atoms with van der Waals surface area (Å²) in [5.41, 5.74) is -0.0518. The molecule has 2 nitrogen and oxygen atoms in total. The van der Waals surface area contributed by atoms with E-state index in [1.807, 2.05) is 0 Å². The highest BCUT2D eigenvalue weighted by Gasteiger charge is 2.29. The van der Waals surface area contributed by atoms with Crippen molar-refractivity contribution in [2.24, 2.45) is 4.99 Å². The molecule has 0 saturated carbocycles. The van der Waals surface area contributed by atoms with Crippen LogP contribution in [0.15, 0.2) is 23.2 Å². The fourth-order valence-corrected chi connectivity index (χ4v) is 1.67. The summed E-state index contributed by atoms with van der Waals surface area (Å²) in [5.74, 6) is -3.05. The number of nitrogens with zero attached hydrogens (tertiary/aromatic N) is 1. The number of halogens is 3. The van der Waals surface area contributed by atoms with E-state index in [-0.39, 0.29) is 22.7 Å². The van der Waals surface area contributed by atoms with Crippen molar-refractivity contribution in [3.05, 3.63) is 34.3 Å². The Kier molecular flexibility index (Phi) is 3.56. The molecule has 0 fully saturated rings. The molecule has 0 bridgehead atoms. The van der Waals surface area contributed by atoms with Gasteiger partial charge in [0.05, 0.1) is 11.6 Å². The van der Waals surface area contributed by atoms with Crippen LogP contribution in [0.1, 0.15) is 18.1 Å². The van der Waals surface area contributed by atoms with E-state index >= 15 is 0 Å². The summed E-state index contributed by atoms with van der Waals surface area (Å²) in [6.45, 7) is 0.616. The highest BCUT2D eigenvalue weighted by Crippen LogP contribution is 2.35. The van der Waals surface area contributed by atoms with Gasteiger partial charge in [0.2, 0.25) is 6.08 Å². The lowest BCUT2D eigenvalue weighted by Crippen LogP contribution is -2.11. The average Bonchev–Trinajstić information content (AvgIpc) is 2.12. The first-order valence-corrected chi connectivity index (χ1v) is 4.54. The number of hydrogen-bond donors (Lipinski definition) is 0. The van der Waals surface area contributed by atoms with E-state index in [1.165, 1.54) is 24.3 Å². The quantitative estimate of drug-likeness (QED) is 0.580. The smallest absolute Gasteiger partial charge is 0.211 e. The molecule has 0 aliphatic carbocycles. The molecule has 0 aromatic heterocycles. The molecule has 0 unspecified atom stereocenters. The summed E-state index contributed by atoms with van der Waals surface area (Å²) < 4.78 is 26.4. The predicted octanol–water partition coefficient (Wildman–Crippen LogP) is 3.29. The molecular formula is C10H8ClF2NO. The standard InChI is InChI=1S/C10H8ClF2NO/c1-10(12,13)9-7(5-14-6-15)3-2-4-8(9)11/h2-4H,5H2,1H3. The number of alkyl halides is 2. The van der Waals surface area contributed by atoms with Crippen LogP contribution in [0.3, 0.4) is 0 Å². The lowest BCUT2D eigenvalue weighted by atomic mass is 10.0. The van der Waals surface area contributed by atoms with Crippen LogP contribution in [0.2, 0.25) is 5.02 Å². The van der Waals surface area contributed by atoms with E-state index in [1.54, 1.807) is 0 Å². The van der Waals surface area contributed by atoms with E-state index in [4.69, 9.17) is 11.6 Å². The van der Waals surface area contributed by atoms with Gasteiger partial charge in [0.15, 0.2) is 0 Å². The van der Waals surface area contributed by atoms with Gasteiger partial charge in [0.25, 0.3) is 5.92 Å². The second kappa shape index (κ2) is 4.51. The van der Waals surface area contributed by atoms with Gasteiger partial charge in [-0.25, -0.2) is 18.6 Å². The van der Waals surface area contributed by atoms with E-state index in [9.17, 15) is 13.6 Å². The first-order chi connectivity index (χ1) is 6.96. The number of benzene rings is 1. The van der Waals surface area contributed by atoms with Gasteiger partial charge in [-0.05, 0) is 11.6 Å². The Balaban J connectivity index is 3.26. The summed E-state index contributed by atoms with van der Waals surface area (Å²) in [6, 6.07) is 4.37. The highest BCUT2D eigenvalue weighted by atomic mass is 35.5. The van der Waals surface area contributed by atoms with E-state index in [2.05, 4.69) is 4.99 Å². The average molecular weight is 232 g/mol. The summed E-state index contributed by atoms with van der Waals surface area (Å²) in [5, 5.41) is -0.0268. The molecule has 0 spiro atoms. The number of hydrogen-bond acceptors (Lipinski definition) is 2. The van der Waals surface area contributed by atoms with Crippen molar-refractivity contribution >= 4 is 17.7 Å². The third-order valence-corrected chi connectivity index (χ3v) is 2.17. The Morgan fingerprint density at radius 1 is 1.53 bits per heavy atom. The lowest BCUT2D eigenvalue weighted by molar-refractivity contribution is 0.0167. The molecule has 15 heavy (non-hydrogen) atoms. The fourth-order valence-electron chi connectivity index (χ4n) is 1.31. The third kappa shape index (κ3) is 2.85. The van der Waals surface area contributed by atoms with Crippen LogP contribution in [-0.2, 0) is 17.3 Å². The molecule has 0 radical (unpaired) electrons. The van der Waals surface area contributed by atoms with Gasteiger partial charge in [-0.1, -0.05) is 23.7 Å². The minimum Gasteiger partial charge on any atom is -0.211 e. The zero-order valence-electron chi connectivity index (χ0n) is 7.93. The zero-order valence-corrected chi connectivity index (χ0v) is 8.68. The Labute approximate surface area is 90.6 Å². The molecule has 1 aromatic carbocycles. The Morgan fingerprint density at radius 2 is 2.20 bits per heavy atom. The molecule has 1 rings (SSSR count). The SMILES string of the molecule is CC(F)(F)c1c(Cl)cccc1CN=C=O. The predicted molar refractivity (Wildman–Crippen MR) is 52.8 cm³/mol. The maximum Gasteiger partial charge on any atom is 0.272 e. The van der Waals surface area contributed by atoms with Gasteiger partial charge in [0, 0.05) is 12.5 Å². The first kappa shape index (κ1) is 11.8. The lowest BCUT2D eigenvalue weighted by Gasteiger charge is -2.15. The molecule has 0 aliphatic heterocycles. The van der Waals surface area contributed by atoms with Gasteiger partial charge in [-0.15, -0.1) is 0 Å². The van der Waals surface area contributed by atoms with Crippen molar-refractivity contribution in [3.8, 4) is 0 Å². The van der Waals surface area contributed by atoms with Crippen molar-refractivity contribution in [1.29, 1.82) is 0 Å². The van der Waals surface area contributed by atoms with Crippen molar-refractivity contribution in [2.45, 2.75) is 19.4 Å². The van der Waals surface area contributed by atoms with Crippen LogP contribution in [0, 0.1) is 0 Å². The van der Waals surface area contributed by atoms with E-state index < -0.39 is 5.92 Å². The van der Waals surface area contributed by atoms with Crippen molar-refractivity contribution in [2.75, 3.05) is 0 Å². The molecule has 0 atom stereocenters. The normalized spacial score (nSPS) is 10.9. The Morgan fingerprint density at radius 3 is 2.73 bits per heavy atom. The molecular weight excluding hydrogens is 224 g/mol. The van der Waals surface area contributed by atoms with Gasteiger partial charge < -0.3 is 0 Å². The number of rotatable bonds is 3. The van der Waals surface area contributed by atoms with Crippen LogP contribution in [0.4, 0.5) is 8.78 Å². The number of isocyanates is 1. The fraction of sp³-hybridized carbons (Fsp3) is 0.300. The van der Waals surface area contributed by atoms with Crippen molar-refractivity contribution in [3.63, 3.8) is 0 Å². The first-order valence-electron chi connectivity index (χ1n) is 4.16. The second-order valence-electron chi connectivity index (χ2n) is 3.07. The molecule has 0 heterocycles. The molecule has 5 heteroatoms. The van der Waals surface area contributed by atoms with E-state index in [0.717, 1.165) is 6.92 Å². The van der Waals surface area contributed by atoms with Gasteiger partial charge in [0.1, 0.15) is 0 Å². The zero-order chi connectivity index (χ0) is 11.5. The van der Waals surface area contributed by atoms with Crippen molar-refractivity contribution < 1.29 is 13.6 Å². The molecule has 0 N–H and O–H groups in total. The van der Waals surface area contributed by atoms with Gasteiger partial charge in [-0.3, -0.25) is 0 Å². The van der Waals surface area contributed by atoms with Crippen LogP contribution in [0.25, 0.3) is 0 Å². The second-order valence-corrected chi connectivity index (χ2v) is 3.48. The molecule has 0 amide bonds. The Bertz CT molecular complexity index is 408. The maximum absolute atomic E-state index is 13.2. The summed E-state index contributed by atoms with van der Waals surface area (Å²) in [6.07, 6.45) is 1.30. The van der Waals surface area contributed by atoms with Crippen LogP contribution >= 0.6 is 11.6 Å². The minimum atomic E-state index is -3.05. The van der Waals surface area contributed by atoms with Crippen LogP contribution in [0.5, 0.6) is 0 Å². The largest absolute Gasteiger partial charge is 0.272 e. The third-order valence-electron chi connectivity index (χ3n) is 1.85. The molecule has 0 saturated heterocycles. The van der Waals surface area contributed by atoms with Crippen LogP contribution < -0.4 is 0 Å². The Hall–Kier alpha value is -1.25. The molecule has 0 aliphatic rings. The van der Waals surface area contributed by atoms with Crippen LogP contribution in [-0.4, -0.2) is 6.08 Å². The molecule has 80 valence electrons. The number of carbonyl (C=O) groups excluding carboxylic acids is 1. The summed E-state index contributed by atoms with van der Waals surface area (Å²) in [4.78, 5) is 13.2. The monoisotopic (exact) mass is 231 g/mol. The van der Waals surface area contributed by atoms with Gasteiger partial charge in [-0.2, -0.15) is 0 Å². The highest BCUT2D eigenvalue weighted by molar-refractivity contribution is 6.31. The topological polar surface area (TPSA) is 29.4 Å².